The number of hydrogen-bond donors (Lipinski definition) is 2. The number of ether oxygens (including phenoxy) is 1. The van der Waals surface area contributed by atoms with Gasteiger partial charge in [0.15, 0.2) is 0 Å². The molecule has 0 saturated carbocycles. The third kappa shape index (κ3) is 2.62. The Morgan fingerprint density at radius 2 is 2.00 bits per heavy atom. The fourth-order valence-corrected chi connectivity index (χ4v) is 0.919. The van der Waals surface area contributed by atoms with Crippen LogP contribution < -0.4 is 5.73 Å². The Morgan fingerprint density at radius 3 is 2.58 bits per heavy atom. The Hall–Kier alpha value is -0.900. The van der Waals surface area contributed by atoms with Gasteiger partial charge in [-0.3, -0.25) is 0 Å². The van der Waals surface area contributed by atoms with Gasteiger partial charge in [0.2, 0.25) is 0 Å². The Morgan fingerprint density at radius 1 is 1.33 bits per heavy atom. The summed E-state index contributed by atoms with van der Waals surface area (Å²) in [5.41, 5.74) is 6.57. The molecular formula is C9H13NO2. The van der Waals surface area contributed by atoms with Crippen LogP contribution in [-0.4, -0.2) is 18.3 Å². The van der Waals surface area contributed by atoms with E-state index in [0.29, 0.717) is 0 Å². The summed E-state index contributed by atoms with van der Waals surface area (Å²) in [6.07, 6.45) is -0.432. The topological polar surface area (TPSA) is 55.5 Å². The summed E-state index contributed by atoms with van der Waals surface area (Å²) in [7, 11) is 0. The van der Waals surface area contributed by atoms with Crippen molar-refractivity contribution in [3.8, 4) is 0 Å². The van der Waals surface area contributed by atoms with Crippen LogP contribution in [-0.2, 0) is 4.74 Å². The van der Waals surface area contributed by atoms with Crippen molar-refractivity contribution in [3.63, 3.8) is 0 Å². The van der Waals surface area contributed by atoms with Gasteiger partial charge < -0.3 is 15.6 Å². The van der Waals surface area contributed by atoms with E-state index in [1.54, 1.807) is 0 Å². The number of rotatable bonds is 4. The fourth-order valence-electron chi connectivity index (χ4n) is 0.919. The van der Waals surface area contributed by atoms with Gasteiger partial charge in [0.05, 0.1) is 13.2 Å². The minimum atomic E-state index is -0.432. The van der Waals surface area contributed by atoms with Gasteiger partial charge in [0, 0.05) is 0 Å². The van der Waals surface area contributed by atoms with E-state index in [9.17, 15) is 0 Å². The minimum absolute atomic E-state index is 0.000529. The van der Waals surface area contributed by atoms with Crippen LogP contribution in [0, 0.1) is 0 Å². The summed E-state index contributed by atoms with van der Waals surface area (Å²) in [5, 5.41) is 8.48. The number of benzene rings is 1. The Labute approximate surface area is 71.8 Å². The molecule has 66 valence electrons. The van der Waals surface area contributed by atoms with Gasteiger partial charge in [-0.05, 0) is 5.56 Å². The maximum atomic E-state index is 8.48. The normalized spacial score (nSPS) is 12.8. The number of aliphatic hydroxyl groups excluding tert-OH is 1. The first-order valence-electron chi connectivity index (χ1n) is 3.87. The molecule has 0 aliphatic carbocycles. The van der Waals surface area contributed by atoms with Gasteiger partial charge in [-0.15, -0.1) is 0 Å². The SMILES string of the molecule is NC(OCCO)c1ccccc1. The summed E-state index contributed by atoms with van der Waals surface area (Å²) in [6.45, 7) is 0.274. The summed E-state index contributed by atoms with van der Waals surface area (Å²) in [6, 6.07) is 9.50. The quantitative estimate of drug-likeness (QED) is 0.647. The third-order valence-electron chi connectivity index (χ3n) is 1.52. The summed E-state index contributed by atoms with van der Waals surface area (Å²) < 4.78 is 5.10. The predicted molar refractivity (Wildman–Crippen MR) is 46.4 cm³/mol. The number of aliphatic hydroxyl groups is 1. The molecule has 0 bridgehead atoms. The molecule has 1 aromatic carbocycles. The van der Waals surface area contributed by atoms with Crippen LogP contribution in [0.4, 0.5) is 0 Å². The van der Waals surface area contributed by atoms with E-state index < -0.39 is 6.23 Å². The fraction of sp³-hybridized carbons (Fsp3) is 0.333. The second-order valence-corrected chi connectivity index (χ2v) is 2.43. The molecule has 0 spiro atoms. The molecule has 1 atom stereocenters. The van der Waals surface area contributed by atoms with Crippen molar-refractivity contribution in [2.75, 3.05) is 13.2 Å². The van der Waals surface area contributed by atoms with Gasteiger partial charge in [-0.2, -0.15) is 0 Å². The van der Waals surface area contributed by atoms with Crippen LogP contribution in [0.2, 0.25) is 0 Å². The highest BCUT2D eigenvalue weighted by molar-refractivity contribution is 5.16. The van der Waals surface area contributed by atoms with E-state index in [1.165, 1.54) is 0 Å². The molecule has 0 aliphatic rings. The highest BCUT2D eigenvalue weighted by Gasteiger charge is 2.03. The van der Waals surface area contributed by atoms with E-state index in [2.05, 4.69) is 0 Å². The van der Waals surface area contributed by atoms with Crippen molar-refractivity contribution in [3.05, 3.63) is 35.9 Å². The van der Waals surface area contributed by atoms with Gasteiger partial charge in [-0.25, -0.2) is 0 Å². The standard InChI is InChI=1S/C9H13NO2/c10-9(12-7-6-11)8-4-2-1-3-5-8/h1-5,9,11H,6-7,10H2. The largest absolute Gasteiger partial charge is 0.394 e. The van der Waals surface area contributed by atoms with E-state index in [0.717, 1.165) is 5.56 Å². The molecule has 0 aliphatic heterocycles. The average Bonchev–Trinajstić information content (AvgIpc) is 2.15. The third-order valence-corrected chi connectivity index (χ3v) is 1.52. The summed E-state index contributed by atoms with van der Waals surface area (Å²) in [5.74, 6) is 0. The van der Waals surface area contributed by atoms with Crippen molar-refractivity contribution < 1.29 is 9.84 Å². The first-order chi connectivity index (χ1) is 5.84. The molecule has 3 N–H and O–H groups in total. The Balaban J connectivity index is 2.48. The van der Waals surface area contributed by atoms with Crippen molar-refractivity contribution in [2.24, 2.45) is 5.73 Å². The van der Waals surface area contributed by atoms with E-state index >= 15 is 0 Å². The van der Waals surface area contributed by atoms with Gasteiger partial charge >= 0.3 is 0 Å². The molecule has 0 heterocycles. The molecule has 0 fully saturated rings. The smallest absolute Gasteiger partial charge is 0.131 e. The van der Waals surface area contributed by atoms with E-state index in [4.69, 9.17) is 15.6 Å². The molecule has 3 nitrogen and oxygen atoms in total. The number of hydrogen-bond acceptors (Lipinski definition) is 3. The molecular weight excluding hydrogens is 154 g/mol. The van der Waals surface area contributed by atoms with Crippen LogP contribution in [0.3, 0.4) is 0 Å². The van der Waals surface area contributed by atoms with Crippen LogP contribution in [0.25, 0.3) is 0 Å². The number of nitrogens with two attached hydrogens (primary N) is 1. The Bertz CT molecular complexity index is 213. The zero-order valence-corrected chi connectivity index (χ0v) is 6.81. The summed E-state index contributed by atoms with van der Waals surface area (Å²) in [4.78, 5) is 0. The molecule has 0 amide bonds. The highest BCUT2D eigenvalue weighted by Crippen LogP contribution is 2.09. The van der Waals surface area contributed by atoms with Crippen LogP contribution >= 0.6 is 0 Å². The second-order valence-electron chi connectivity index (χ2n) is 2.43. The highest BCUT2D eigenvalue weighted by atomic mass is 16.5. The molecule has 1 unspecified atom stereocenters. The lowest BCUT2D eigenvalue weighted by Crippen LogP contribution is -2.16. The van der Waals surface area contributed by atoms with Crippen molar-refractivity contribution in [2.45, 2.75) is 6.23 Å². The van der Waals surface area contributed by atoms with Gasteiger partial charge in [0.1, 0.15) is 6.23 Å². The van der Waals surface area contributed by atoms with Crippen molar-refractivity contribution in [1.29, 1.82) is 0 Å². The maximum Gasteiger partial charge on any atom is 0.131 e. The molecule has 1 aromatic rings. The van der Waals surface area contributed by atoms with Crippen molar-refractivity contribution >= 4 is 0 Å². The first kappa shape index (κ1) is 9.19. The molecule has 0 radical (unpaired) electrons. The van der Waals surface area contributed by atoms with Crippen LogP contribution in [0.15, 0.2) is 30.3 Å². The molecule has 3 heteroatoms. The van der Waals surface area contributed by atoms with Crippen molar-refractivity contribution in [1.82, 2.24) is 0 Å². The molecule has 0 saturated heterocycles. The second kappa shape index (κ2) is 4.87. The molecule has 1 rings (SSSR count). The lowest BCUT2D eigenvalue weighted by molar-refractivity contribution is 0.0315. The zero-order chi connectivity index (χ0) is 8.81. The first-order valence-corrected chi connectivity index (χ1v) is 3.87. The van der Waals surface area contributed by atoms with Crippen LogP contribution in [0.5, 0.6) is 0 Å². The van der Waals surface area contributed by atoms with Gasteiger partial charge in [-0.1, -0.05) is 30.3 Å². The maximum absolute atomic E-state index is 8.48. The lowest BCUT2D eigenvalue weighted by atomic mass is 10.2. The minimum Gasteiger partial charge on any atom is -0.394 e. The average molecular weight is 167 g/mol. The molecule has 0 aromatic heterocycles. The monoisotopic (exact) mass is 167 g/mol. The lowest BCUT2D eigenvalue weighted by Gasteiger charge is -2.11. The molecule has 12 heavy (non-hydrogen) atoms. The zero-order valence-electron chi connectivity index (χ0n) is 6.81. The van der Waals surface area contributed by atoms with Gasteiger partial charge in [0.25, 0.3) is 0 Å². The van der Waals surface area contributed by atoms with Crippen LogP contribution in [0.1, 0.15) is 11.8 Å². The Kier molecular flexibility index (Phi) is 3.73. The van der Waals surface area contributed by atoms with E-state index in [1.807, 2.05) is 30.3 Å². The summed E-state index contributed by atoms with van der Waals surface area (Å²) >= 11 is 0. The van der Waals surface area contributed by atoms with E-state index in [-0.39, 0.29) is 13.2 Å². The predicted octanol–water partition coefficient (Wildman–Crippen LogP) is 0.653.